The van der Waals surface area contributed by atoms with E-state index in [2.05, 4.69) is 140 Å². The summed E-state index contributed by atoms with van der Waals surface area (Å²) in [6.07, 6.45) is 5.02. The fourth-order valence-corrected chi connectivity index (χ4v) is 6.11. The van der Waals surface area contributed by atoms with Crippen molar-refractivity contribution in [1.29, 1.82) is 0 Å². The number of imidazole rings is 1. The van der Waals surface area contributed by atoms with E-state index >= 15 is 0 Å². The topological polar surface area (TPSA) is 17.8 Å². The van der Waals surface area contributed by atoms with Crippen molar-refractivity contribution in [2.75, 3.05) is 0 Å². The summed E-state index contributed by atoms with van der Waals surface area (Å²) in [5.74, 6) is 1.46. The summed E-state index contributed by atoms with van der Waals surface area (Å²) in [4.78, 5) is 4.92. The lowest BCUT2D eigenvalue weighted by molar-refractivity contribution is 0.852. The molecule has 0 unspecified atom stereocenters. The molecule has 0 saturated heterocycles. The maximum Gasteiger partial charge on any atom is 0.144 e. The van der Waals surface area contributed by atoms with Crippen molar-refractivity contribution in [3.63, 3.8) is 0 Å². The van der Waals surface area contributed by atoms with Gasteiger partial charge in [0.2, 0.25) is 0 Å². The Morgan fingerprint density at radius 3 is 1.92 bits per heavy atom. The largest absolute Gasteiger partial charge is 0.299 e. The van der Waals surface area contributed by atoms with Crippen molar-refractivity contribution < 1.29 is 0 Å². The van der Waals surface area contributed by atoms with Gasteiger partial charge in [-0.25, -0.2) is 4.98 Å². The lowest BCUT2D eigenvalue weighted by Crippen LogP contribution is -2.02. The molecule has 0 aliphatic heterocycles. The molecule has 0 fully saturated rings. The minimum atomic E-state index is 0.513. The summed E-state index contributed by atoms with van der Waals surface area (Å²) in [5, 5.41) is 0. The van der Waals surface area contributed by atoms with Crippen LogP contribution in [0.3, 0.4) is 0 Å². The zero-order valence-electron chi connectivity index (χ0n) is 22.3. The number of hydrogen-bond donors (Lipinski definition) is 0. The van der Waals surface area contributed by atoms with Crippen molar-refractivity contribution in [3.8, 4) is 50.5 Å². The second-order valence-electron chi connectivity index (χ2n) is 10.6. The predicted octanol–water partition coefficient (Wildman–Crippen LogP) is 9.57. The summed E-state index contributed by atoms with van der Waals surface area (Å²) in [5.41, 5.74) is 14.0. The number of para-hydroxylation sites is 1. The summed E-state index contributed by atoms with van der Waals surface area (Å²) < 4.78 is 2.27. The van der Waals surface area contributed by atoms with Gasteiger partial charge in [-0.15, -0.1) is 0 Å². The lowest BCUT2D eigenvalue weighted by atomic mass is 9.93. The molecule has 1 heterocycles. The van der Waals surface area contributed by atoms with Crippen LogP contribution in [0.25, 0.3) is 50.5 Å². The third-order valence-corrected chi connectivity index (χ3v) is 7.95. The second kappa shape index (κ2) is 9.56. The third-order valence-electron chi connectivity index (χ3n) is 7.95. The highest BCUT2D eigenvalue weighted by Gasteiger charge is 2.24. The van der Waals surface area contributed by atoms with Crippen LogP contribution >= 0.6 is 0 Å². The first-order valence-corrected chi connectivity index (χ1v) is 13.7. The Kier molecular flexibility index (Phi) is 5.74. The van der Waals surface area contributed by atoms with Crippen LogP contribution in [0, 0.1) is 0 Å². The van der Waals surface area contributed by atoms with Crippen LogP contribution in [-0.2, 0) is 6.42 Å². The zero-order chi connectivity index (χ0) is 26.3. The van der Waals surface area contributed by atoms with Gasteiger partial charge in [0, 0.05) is 29.1 Å². The fourth-order valence-electron chi connectivity index (χ4n) is 6.11. The molecule has 0 saturated carbocycles. The van der Waals surface area contributed by atoms with Gasteiger partial charge in [0.1, 0.15) is 5.82 Å². The first-order valence-electron chi connectivity index (χ1n) is 13.7. The van der Waals surface area contributed by atoms with Gasteiger partial charge in [-0.2, -0.15) is 0 Å². The summed E-state index contributed by atoms with van der Waals surface area (Å²) in [6, 6.07) is 41.5. The predicted molar refractivity (Wildman–Crippen MR) is 162 cm³/mol. The number of rotatable bonds is 5. The van der Waals surface area contributed by atoms with Crippen LogP contribution in [0.1, 0.15) is 36.5 Å². The molecule has 1 aliphatic carbocycles. The summed E-state index contributed by atoms with van der Waals surface area (Å²) in [7, 11) is 0. The smallest absolute Gasteiger partial charge is 0.144 e. The molecule has 1 aromatic heterocycles. The first-order chi connectivity index (χ1) is 19.2. The van der Waals surface area contributed by atoms with Gasteiger partial charge < -0.3 is 0 Å². The standard InChI is InChI=1S/C37H30N2/c1-25(2)30-15-9-18-33-34-24-29(20-19-28(34)23-35(30)33)37-38-21-22-39(37)36-31(26-11-5-3-6-12-26)16-10-17-32(36)27-13-7-4-8-14-27/h3-22,24-25H,23H2,1-2H3. The molecule has 0 amide bonds. The molecule has 1 aliphatic rings. The van der Waals surface area contributed by atoms with Crippen molar-refractivity contribution in [2.24, 2.45) is 0 Å². The molecule has 5 aromatic carbocycles. The molecule has 2 nitrogen and oxygen atoms in total. The van der Waals surface area contributed by atoms with Crippen molar-refractivity contribution in [3.05, 3.63) is 144 Å². The highest BCUT2D eigenvalue weighted by atomic mass is 15.1. The van der Waals surface area contributed by atoms with Crippen LogP contribution in [0.15, 0.2) is 128 Å². The van der Waals surface area contributed by atoms with E-state index < -0.39 is 0 Å². The first kappa shape index (κ1) is 23.4. The molecule has 0 spiro atoms. The van der Waals surface area contributed by atoms with Gasteiger partial charge in [0.05, 0.1) is 5.69 Å². The van der Waals surface area contributed by atoms with Gasteiger partial charge in [0.15, 0.2) is 0 Å². The maximum absolute atomic E-state index is 4.92. The number of benzene rings is 5. The van der Waals surface area contributed by atoms with E-state index in [1.54, 1.807) is 0 Å². The average Bonchev–Trinajstić information content (AvgIpc) is 3.62. The minimum Gasteiger partial charge on any atom is -0.299 e. The average molecular weight is 503 g/mol. The molecular weight excluding hydrogens is 472 g/mol. The number of hydrogen-bond acceptors (Lipinski definition) is 1. The summed E-state index contributed by atoms with van der Waals surface area (Å²) in [6.45, 7) is 4.57. The Bertz CT molecular complexity index is 1740. The molecule has 0 N–H and O–H groups in total. The van der Waals surface area contributed by atoms with Crippen molar-refractivity contribution >= 4 is 0 Å². The molecular formula is C37H30N2. The van der Waals surface area contributed by atoms with Crippen LogP contribution < -0.4 is 0 Å². The molecule has 39 heavy (non-hydrogen) atoms. The number of fused-ring (bicyclic) bond motifs is 3. The highest BCUT2D eigenvalue weighted by molar-refractivity contribution is 5.87. The molecule has 7 rings (SSSR count). The van der Waals surface area contributed by atoms with Crippen LogP contribution in [0.2, 0.25) is 0 Å². The van der Waals surface area contributed by atoms with Crippen LogP contribution in [-0.4, -0.2) is 9.55 Å². The van der Waals surface area contributed by atoms with Crippen LogP contribution in [0.5, 0.6) is 0 Å². The Balaban J connectivity index is 1.42. The summed E-state index contributed by atoms with van der Waals surface area (Å²) >= 11 is 0. The van der Waals surface area contributed by atoms with E-state index in [4.69, 9.17) is 4.98 Å². The van der Waals surface area contributed by atoms with Gasteiger partial charge >= 0.3 is 0 Å². The Labute approximate surface area is 230 Å². The monoisotopic (exact) mass is 502 g/mol. The highest BCUT2D eigenvalue weighted by Crippen LogP contribution is 2.43. The Morgan fingerprint density at radius 2 is 1.26 bits per heavy atom. The zero-order valence-corrected chi connectivity index (χ0v) is 22.3. The van der Waals surface area contributed by atoms with E-state index in [1.165, 1.54) is 50.1 Å². The normalized spacial score (nSPS) is 12.0. The third kappa shape index (κ3) is 4.00. The maximum atomic E-state index is 4.92. The van der Waals surface area contributed by atoms with E-state index in [0.717, 1.165) is 23.5 Å². The molecule has 0 bridgehead atoms. The van der Waals surface area contributed by atoms with E-state index in [0.29, 0.717) is 5.92 Å². The molecule has 0 radical (unpaired) electrons. The van der Waals surface area contributed by atoms with Crippen LogP contribution in [0.4, 0.5) is 0 Å². The SMILES string of the molecule is CC(C)c1cccc2c1Cc1ccc(-c3nccn3-c3c(-c4ccccc4)cccc3-c3ccccc3)cc1-2. The number of aromatic nitrogens is 2. The van der Waals surface area contributed by atoms with E-state index in [-0.39, 0.29) is 0 Å². The van der Waals surface area contributed by atoms with E-state index in [1.807, 2.05) is 6.20 Å². The van der Waals surface area contributed by atoms with Gasteiger partial charge in [-0.1, -0.05) is 123 Å². The molecule has 6 aromatic rings. The van der Waals surface area contributed by atoms with Gasteiger partial charge in [-0.05, 0) is 57.3 Å². The Morgan fingerprint density at radius 1 is 0.615 bits per heavy atom. The van der Waals surface area contributed by atoms with E-state index in [9.17, 15) is 0 Å². The Hall–Kier alpha value is -4.69. The van der Waals surface area contributed by atoms with Gasteiger partial charge in [-0.3, -0.25) is 4.57 Å². The van der Waals surface area contributed by atoms with Crippen molar-refractivity contribution in [1.82, 2.24) is 9.55 Å². The minimum absolute atomic E-state index is 0.513. The molecule has 2 heteroatoms. The molecule has 188 valence electrons. The number of nitrogens with zero attached hydrogens (tertiary/aromatic N) is 2. The quantitative estimate of drug-likeness (QED) is 0.229. The lowest BCUT2D eigenvalue weighted by Gasteiger charge is -2.19. The molecule has 0 atom stereocenters. The van der Waals surface area contributed by atoms with Crippen molar-refractivity contribution in [2.45, 2.75) is 26.2 Å². The fraction of sp³-hybridized carbons (Fsp3) is 0.108. The van der Waals surface area contributed by atoms with Gasteiger partial charge in [0.25, 0.3) is 0 Å². The second-order valence-corrected chi connectivity index (χ2v) is 10.6.